The van der Waals surface area contributed by atoms with Gasteiger partial charge < -0.3 is 15.8 Å². The van der Waals surface area contributed by atoms with E-state index >= 15 is 0 Å². The van der Waals surface area contributed by atoms with Gasteiger partial charge >= 0.3 is 5.82 Å². The van der Waals surface area contributed by atoms with Crippen LogP contribution in [0.2, 0.25) is 0 Å². The number of nitro groups is 1. The molecule has 9 nitrogen and oxygen atoms in total. The molecule has 1 unspecified atom stereocenters. The van der Waals surface area contributed by atoms with Crippen LogP contribution >= 0.6 is 10.7 Å². The first-order valence-corrected chi connectivity index (χ1v) is 6.43. The molecular formula is C6H7ClN4O5S. The molecule has 1 amide bonds. The summed E-state index contributed by atoms with van der Waals surface area (Å²) in [6, 6.07) is -1.03. The van der Waals surface area contributed by atoms with E-state index in [4.69, 9.17) is 16.4 Å². The maximum atomic E-state index is 11.1. The molecule has 2 N–H and O–H groups in total. The predicted octanol–water partition coefficient (Wildman–Crippen LogP) is -0.235. The lowest BCUT2D eigenvalue weighted by Gasteiger charge is -2.01. The van der Waals surface area contributed by atoms with E-state index in [1.807, 2.05) is 0 Å². The molecular weight excluding hydrogens is 276 g/mol. The van der Waals surface area contributed by atoms with Crippen LogP contribution in [-0.4, -0.2) is 29.0 Å². The number of hydrogen-bond acceptors (Lipinski definition) is 6. The number of primary amides is 1. The largest absolute Gasteiger partial charge is 0.410 e. The van der Waals surface area contributed by atoms with E-state index in [-0.39, 0.29) is 0 Å². The molecule has 0 bridgehead atoms. The predicted molar refractivity (Wildman–Crippen MR) is 55.8 cm³/mol. The minimum atomic E-state index is -4.32. The van der Waals surface area contributed by atoms with E-state index in [0.717, 1.165) is 10.9 Å². The number of halogens is 1. The topological polar surface area (TPSA) is 138 Å². The van der Waals surface area contributed by atoms with Crippen molar-refractivity contribution in [3.63, 3.8) is 0 Å². The lowest BCUT2D eigenvalue weighted by atomic mass is 10.3. The number of carbonyl (C=O) groups excluding carboxylic acids is 1. The second-order valence-corrected chi connectivity index (χ2v) is 5.60. The summed E-state index contributed by atoms with van der Waals surface area (Å²) >= 11 is 0. The Hall–Kier alpha value is -1.68. The molecule has 1 rings (SSSR count). The van der Waals surface area contributed by atoms with Gasteiger partial charge in [-0.2, -0.15) is 4.68 Å². The normalized spacial score (nSPS) is 13.3. The summed E-state index contributed by atoms with van der Waals surface area (Å²) in [6.45, 7) is 1.31. The van der Waals surface area contributed by atoms with Gasteiger partial charge in [-0.3, -0.25) is 4.79 Å². The number of nitrogens with two attached hydrogens (primary N) is 1. The van der Waals surface area contributed by atoms with Gasteiger partial charge in [0.05, 0.1) is 11.3 Å². The Bertz CT molecular complexity index is 579. The van der Waals surface area contributed by atoms with Crippen LogP contribution < -0.4 is 5.73 Å². The van der Waals surface area contributed by atoms with Crippen LogP contribution in [0.4, 0.5) is 5.82 Å². The lowest BCUT2D eigenvalue weighted by Crippen LogP contribution is -2.24. The molecule has 0 aliphatic carbocycles. The van der Waals surface area contributed by atoms with Crippen LogP contribution in [0.1, 0.15) is 13.0 Å². The quantitative estimate of drug-likeness (QED) is 0.459. The summed E-state index contributed by atoms with van der Waals surface area (Å²) < 4.78 is 22.9. The Morgan fingerprint density at radius 1 is 1.71 bits per heavy atom. The third-order valence-corrected chi connectivity index (χ3v) is 3.24. The zero-order valence-electron chi connectivity index (χ0n) is 8.40. The number of nitrogens with zero attached hydrogens (tertiary/aromatic N) is 3. The molecule has 1 aromatic heterocycles. The highest BCUT2D eigenvalue weighted by molar-refractivity contribution is 8.13. The molecule has 11 heteroatoms. The van der Waals surface area contributed by atoms with E-state index in [2.05, 4.69) is 5.10 Å². The molecule has 0 saturated heterocycles. The highest BCUT2D eigenvalue weighted by Crippen LogP contribution is 2.26. The highest BCUT2D eigenvalue weighted by atomic mass is 35.7. The van der Waals surface area contributed by atoms with Crippen LogP contribution in [0, 0.1) is 10.1 Å². The summed E-state index contributed by atoms with van der Waals surface area (Å²) in [7, 11) is 0.682. The molecule has 1 heterocycles. The number of aromatic nitrogens is 2. The summed E-state index contributed by atoms with van der Waals surface area (Å²) in [4.78, 5) is 19.6. The average Bonchev–Trinajstić information content (AvgIpc) is 2.59. The molecule has 0 fully saturated rings. The fraction of sp³-hybridized carbons (Fsp3) is 0.333. The molecule has 0 spiro atoms. The van der Waals surface area contributed by atoms with Crippen LogP contribution in [0.5, 0.6) is 0 Å². The van der Waals surface area contributed by atoms with Gasteiger partial charge in [-0.25, -0.2) is 8.42 Å². The van der Waals surface area contributed by atoms with Gasteiger partial charge in [-0.1, -0.05) is 0 Å². The number of amides is 1. The van der Waals surface area contributed by atoms with Crippen molar-refractivity contribution >= 4 is 31.5 Å². The first-order chi connectivity index (χ1) is 7.64. The number of rotatable bonds is 4. The van der Waals surface area contributed by atoms with Crippen LogP contribution in [0.3, 0.4) is 0 Å². The standard InChI is InChI=1S/C6H7ClN4O5S/c1-3(5(8)12)10-2-4(17(7,15)16)6(9-10)11(13)14/h2-3H,1H3,(H2,8,12). The van der Waals surface area contributed by atoms with Crippen molar-refractivity contribution in [1.29, 1.82) is 0 Å². The van der Waals surface area contributed by atoms with E-state index in [1.165, 1.54) is 6.92 Å². The molecule has 0 aromatic carbocycles. The van der Waals surface area contributed by atoms with Crippen LogP contribution in [-0.2, 0) is 13.8 Å². The zero-order chi connectivity index (χ0) is 13.4. The second-order valence-electron chi connectivity index (χ2n) is 3.07. The van der Waals surface area contributed by atoms with Gasteiger partial charge in [0.15, 0.2) is 0 Å². The van der Waals surface area contributed by atoms with Crippen molar-refractivity contribution in [2.45, 2.75) is 17.9 Å². The van der Waals surface area contributed by atoms with Gasteiger partial charge in [-0.15, -0.1) is 0 Å². The first-order valence-electron chi connectivity index (χ1n) is 4.12. The third-order valence-electron chi connectivity index (χ3n) is 1.92. The van der Waals surface area contributed by atoms with Crippen molar-refractivity contribution in [3.8, 4) is 0 Å². The Morgan fingerprint density at radius 2 is 2.24 bits per heavy atom. The summed E-state index contributed by atoms with van der Waals surface area (Å²) in [6.07, 6.45) is 0.788. The Labute approximate surface area is 99.7 Å². The van der Waals surface area contributed by atoms with Gasteiger partial charge in [0.2, 0.25) is 10.8 Å². The van der Waals surface area contributed by atoms with Crippen molar-refractivity contribution in [1.82, 2.24) is 9.78 Å². The zero-order valence-corrected chi connectivity index (χ0v) is 9.97. The highest BCUT2D eigenvalue weighted by Gasteiger charge is 2.32. The maximum Gasteiger partial charge on any atom is 0.410 e. The minimum Gasteiger partial charge on any atom is -0.368 e. The maximum absolute atomic E-state index is 11.1. The Balaban J connectivity index is 3.42. The lowest BCUT2D eigenvalue weighted by molar-refractivity contribution is -0.392. The van der Waals surface area contributed by atoms with Crippen molar-refractivity contribution in [3.05, 3.63) is 16.3 Å². The molecule has 0 aliphatic heterocycles. The Morgan fingerprint density at radius 3 is 2.53 bits per heavy atom. The monoisotopic (exact) mass is 282 g/mol. The first kappa shape index (κ1) is 13.4. The molecule has 94 valence electrons. The smallest absolute Gasteiger partial charge is 0.368 e. The van der Waals surface area contributed by atoms with Crippen molar-refractivity contribution in [2.24, 2.45) is 5.73 Å². The van der Waals surface area contributed by atoms with Gasteiger partial charge in [-0.05, 0) is 11.8 Å². The van der Waals surface area contributed by atoms with Crippen LogP contribution in [0.25, 0.3) is 0 Å². The molecule has 0 aliphatic rings. The number of hydrogen-bond donors (Lipinski definition) is 1. The molecule has 17 heavy (non-hydrogen) atoms. The fourth-order valence-corrected chi connectivity index (χ4v) is 1.89. The number of carbonyl (C=O) groups is 1. The van der Waals surface area contributed by atoms with Gasteiger partial charge in [0.25, 0.3) is 9.05 Å². The summed E-state index contributed by atoms with van der Waals surface area (Å²) in [5.74, 6) is -1.77. The van der Waals surface area contributed by atoms with E-state index in [0.29, 0.717) is 0 Å². The molecule has 0 radical (unpaired) electrons. The SMILES string of the molecule is CC(C(N)=O)n1cc(S(=O)(=O)Cl)c([N+](=O)[O-])n1. The molecule has 1 atom stereocenters. The second kappa shape index (κ2) is 4.30. The van der Waals surface area contributed by atoms with Crippen molar-refractivity contribution in [2.75, 3.05) is 0 Å². The Kier molecular flexibility index (Phi) is 3.38. The summed E-state index contributed by atoms with van der Waals surface area (Å²) in [5, 5.41) is 13.9. The molecule has 0 saturated carbocycles. The third kappa shape index (κ3) is 2.71. The van der Waals surface area contributed by atoms with E-state index in [9.17, 15) is 23.3 Å². The van der Waals surface area contributed by atoms with Gasteiger partial charge in [0, 0.05) is 10.7 Å². The van der Waals surface area contributed by atoms with Crippen molar-refractivity contribution < 1.29 is 18.1 Å². The van der Waals surface area contributed by atoms with Gasteiger partial charge in [0.1, 0.15) is 6.04 Å². The molecule has 1 aromatic rings. The fourth-order valence-electron chi connectivity index (χ4n) is 0.993. The van der Waals surface area contributed by atoms with E-state index < -0.39 is 36.6 Å². The summed E-state index contributed by atoms with van der Waals surface area (Å²) in [5.41, 5.74) is 4.96. The van der Waals surface area contributed by atoms with E-state index in [1.54, 1.807) is 0 Å². The van der Waals surface area contributed by atoms with Crippen LogP contribution in [0.15, 0.2) is 11.1 Å². The minimum absolute atomic E-state index is 0.774. The average molecular weight is 283 g/mol.